The molecule has 3 rings (SSSR count). The minimum atomic E-state index is -0.316. The predicted octanol–water partition coefficient (Wildman–Crippen LogP) is 3.99. The van der Waals surface area contributed by atoms with Crippen LogP contribution in [0.25, 0.3) is 0 Å². The maximum Gasteiger partial charge on any atom is 0.271 e. The lowest BCUT2D eigenvalue weighted by molar-refractivity contribution is 0.0949. The molecule has 7 heteroatoms. The molecular formula is C19H16ClFN4O. The van der Waals surface area contributed by atoms with Crippen LogP contribution in [0.3, 0.4) is 0 Å². The number of hydrogen-bond donors (Lipinski definition) is 2. The number of hydrogen-bond acceptors (Lipinski definition) is 4. The summed E-state index contributed by atoms with van der Waals surface area (Å²) in [6, 6.07) is 13.4. The molecule has 5 nitrogen and oxygen atoms in total. The number of carbonyl (C=O) groups excluding carboxylic acids is 1. The van der Waals surface area contributed by atoms with E-state index in [1.807, 2.05) is 18.2 Å². The first-order chi connectivity index (χ1) is 12.6. The molecule has 132 valence electrons. The van der Waals surface area contributed by atoms with Gasteiger partial charge < -0.3 is 10.6 Å². The molecule has 0 atom stereocenters. The van der Waals surface area contributed by atoms with E-state index in [2.05, 4.69) is 20.6 Å². The molecule has 1 aromatic heterocycles. The highest BCUT2D eigenvalue weighted by Gasteiger charge is 2.08. The first-order valence-electron chi connectivity index (χ1n) is 7.98. The van der Waals surface area contributed by atoms with Crippen molar-refractivity contribution < 1.29 is 9.18 Å². The van der Waals surface area contributed by atoms with Crippen LogP contribution in [0.15, 0.2) is 60.9 Å². The van der Waals surface area contributed by atoms with Crippen molar-refractivity contribution in [3.8, 4) is 0 Å². The first-order valence-corrected chi connectivity index (χ1v) is 8.36. The Morgan fingerprint density at radius 3 is 2.50 bits per heavy atom. The monoisotopic (exact) mass is 370 g/mol. The molecule has 3 aromatic rings. The molecule has 0 radical (unpaired) electrons. The van der Waals surface area contributed by atoms with E-state index < -0.39 is 0 Å². The smallest absolute Gasteiger partial charge is 0.271 e. The van der Waals surface area contributed by atoms with E-state index in [1.165, 1.54) is 24.5 Å². The third kappa shape index (κ3) is 4.77. The second kappa shape index (κ2) is 8.40. The fraction of sp³-hybridized carbons (Fsp3) is 0.105. The van der Waals surface area contributed by atoms with E-state index in [1.54, 1.807) is 18.2 Å². The average Bonchev–Trinajstić information content (AvgIpc) is 2.66. The molecule has 0 aliphatic carbocycles. The minimum Gasteiger partial charge on any atom is -0.350 e. The number of para-hydroxylation sites is 1. The van der Waals surface area contributed by atoms with Gasteiger partial charge in [0.15, 0.2) is 0 Å². The number of carbonyl (C=O) groups is 1. The number of rotatable bonds is 6. The van der Waals surface area contributed by atoms with Crippen molar-refractivity contribution in [1.29, 1.82) is 0 Å². The Balaban J connectivity index is 1.53. The van der Waals surface area contributed by atoms with Crippen LogP contribution in [0.2, 0.25) is 5.02 Å². The summed E-state index contributed by atoms with van der Waals surface area (Å²) < 4.78 is 12.9. The van der Waals surface area contributed by atoms with Crippen molar-refractivity contribution in [3.63, 3.8) is 0 Å². The lowest BCUT2D eigenvalue weighted by atomic mass is 10.1. The van der Waals surface area contributed by atoms with Crippen LogP contribution < -0.4 is 10.6 Å². The fourth-order valence-electron chi connectivity index (χ4n) is 2.27. The van der Waals surface area contributed by atoms with Gasteiger partial charge in [-0.1, -0.05) is 35.9 Å². The number of halogens is 2. The van der Waals surface area contributed by atoms with Crippen LogP contribution >= 0.6 is 11.6 Å². The largest absolute Gasteiger partial charge is 0.350 e. The molecule has 0 fully saturated rings. The minimum absolute atomic E-state index is 0.216. The summed E-state index contributed by atoms with van der Waals surface area (Å²) >= 11 is 6.08. The van der Waals surface area contributed by atoms with Gasteiger partial charge in [-0.05, 0) is 36.2 Å². The van der Waals surface area contributed by atoms with E-state index in [4.69, 9.17) is 11.6 Å². The lowest BCUT2D eigenvalue weighted by Gasteiger charge is -2.08. The Kier molecular flexibility index (Phi) is 5.76. The Morgan fingerprint density at radius 1 is 1.04 bits per heavy atom. The normalized spacial score (nSPS) is 10.4. The molecule has 0 spiro atoms. The van der Waals surface area contributed by atoms with Gasteiger partial charge in [0, 0.05) is 6.54 Å². The number of amides is 1. The number of nitrogens with zero attached hydrogens (tertiary/aromatic N) is 2. The molecule has 0 unspecified atom stereocenters. The summed E-state index contributed by atoms with van der Waals surface area (Å²) in [6.07, 6.45) is 3.47. The third-order valence-electron chi connectivity index (χ3n) is 3.63. The highest BCUT2D eigenvalue weighted by Crippen LogP contribution is 2.23. The number of benzene rings is 2. The van der Waals surface area contributed by atoms with E-state index >= 15 is 0 Å². The standard InChI is InChI=1S/C19H16ClFN4O/c20-15-3-1-2-4-16(15)25-18-12-23-17(11-24-18)19(26)22-10-9-13-5-7-14(21)8-6-13/h1-8,11-12H,9-10H2,(H,22,26)(H,24,25). The van der Waals surface area contributed by atoms with Gasteiger partial charge in [0.2, 0.25) is 0 Å². The van der Waals surface area contributed by atoms with Crippen LogP contribution in [-0.4, -0.2) is 22.4 Å². The fourth-order valence-corrected chi connectivity index (χ4v) is 2.46. The van der Waals surface area contributed by atoms with E-state index in [0.717, 1.165) is 5.56 Å². The summed E-state index contributed by atoms with van der Waals surface area (Å²) in [5.74, 6) is -0.108. The zero-order chi connectivity index (χ0) is 18.4. The topological polar surface area (TPSA) is 66.9 Å². The van der Waals surface area contributed by atoms with Crippen LogP contribution in [-0.2, 0) is 6.42 Å². The third-order valence-corrected chi connectivity index (χ3v) is 3.96. The van der Waals surface area contributed by atoms with Crippen LogP contribution in [0.1, 0.15) is 16.1 Å². The van der Waals surface area contributed by atoms with Gasteiger partial charge in [-0.25, -0.2) is 14.4 Å². The van der Waals surface area contributed by atoms with Crippen molar-refractivity contribution in [1.82, 2.24) is 15.3 Å². The van der Waals surface area contributed by atoms with Crippen LogP contribution in [0.4, 0.5) is 15.9 Å². The zero-order valence-corrected chi connectivity index (χ0v) is 14.5. The van der Waals surface area contributed by atoms with Gasteiger partial charge in [0.05, 0.1) is 23.1 Å². The second-order valence-electron chi connectivity index (χ2n) is 5.52. The summed E-state index contributed by atoms with van der Waals surface area (Å²) in [6.45, 7) is 0.422. The Hall–Kier alpha value is -2.99. The van der Waals surface area contributed by atoms with Gasteiger partial charge in [-0.15, -0.1) is 0 Å². The Bertz CT molecular complexity index is 885. The maximum absolute atomic E-state index is 12.9. The summed E-state index contributed by atoms with van der Waals surface area (Å²) in [5.41, 5.74) is 1.87. The molecule has 2 aromatic carbocycles. The van der Waals surface area contributed by atoms with Gasteiger partial charge >= 0.3 is 0 Å². The maximum atomic E-state index is 12.9. The molecule has 0 bridgehead atoms. The molecular weight excluding hydrogens is 355 g/mol. The van der Waals surface area contributed by atoms with Crippen LogP contribution in [0, 0.1) is 5.82 Å². The second-order valence-corrected chi connectivity index (χ2v) is 5.93. The predicted molar refractivity (Wildman–Crippen MR) is 99.2 cm³/mol. The van der Waals surface area contributed by atoms with Crippen molar-refractivity contribution >= 4 is 29.0 Å². The van der Waals surface area contributed by atoms with Crippen molar-refractivity contribution in [2.24, 2.45) is 0 Å². The molecule has 0 saturated carbocycles. The Labute approximate surface area is 155 Å². The molecule has 0 aliphatic rings. The highest BCUT2D eigenvalue weighted by atomic mass is 35.5. The molecule has 0 saturated heterocycles. The number of anilines is 2. The molecule has 1 amide bonds. The summed E-state index contributed by atoms with van der Waals surface area (Å²) in [7, 11) is 0. The SMILES string of the molecule is O=C(NCCc1ccc(F)cc1)c1cnc(Nc2ccccc2Cl)cn1. The quantitative estimate of drug-likeness (QED) is 0.688. The van der Waals surface area contributed by atoms with Gasteiger partial charge in [0.25, 0.3) is 5.91 Å². The first kappa shape index (κ1) is 17.8. The number of nitrogens with one attached hydrogen (secondary N) is 2. The van der Waals surface area contributed by atoms with Crippen molar-refractivity contribution in [2.45, 2.75) is 6.42 Å². The summed E-state index contributed by atoms with van der Waals surface area (Å²) in [4.78, 5) is 20.4. The zero-order valence-electron chi connectivity index (χ0n) is 13.7. The van der Waals surface area contributed by atoms with Crippen molar-refractivity contribution in [3.05, 3.63) is 83.0 Å². The average molecular weight is 371 g/mol. The summed E-state index contributed by atoms with van der Waals surface area (Å²) in [5, 5.41) is 6.37. The molecule has 2 N–H and O–H groups in total. The highest BCUT2D eigenvalue weighted by molar-refractivity contribution is 6.33. The van der Waals surface area contributed by atoms with E-state index in [9.17, 15) is 9.18 Å². The molecule has 1 heterocycles. The van der Waals surface area contributed by atoms with E-state index in [0.29, 0.717) is 29.5 Å². The molecule has 26 heavy (non-hydrogen) atoms. The molecule has 0 aliphatic heterocycles. The van der Waals surface area contributed by atoms with Gasteiger partial charge in [-0.3, -0.25) is 4.79 Å². The van der Waals surface area contributed by atoms with Gasteiger partial charge in [0.1, 0.15) is 17.3 Å². The van der Waals surface area contributed by atoms with Gasteiger partial charge in [-0.2, -0.15) is 0 Å². The van der Waals surface area contributed by atoms with Crippen LogP contribution in [0.5, 0.6) is 0 Å². The number of aromatic nitrogens is 2. The van der Waals surface area contributed by atoms with E-state index in [-0.39, 0.29) is 17.4 Å². The lowest BCUT2D eigenvalue weighted by Crippen LogP contribution is -2.26. The van der Waals surface area contributed by atoms with Crippen molar-refractivity contribution in [2.75, 3.05) is 11.9 Å². The Morgan fingerprint density at radius 2 is 1.81 bits per heavy atom.